The van der Waals surface area contributed by atoms with Crippen LogP contribution >= 0.6 is 0 Å². The number of methoxy groups -OCH3 is 1. The number of aromatic nitrogens is 3. The molecule has 0 bridgehead atoms. The summed E-state index contributed by atoms with van der Waals surface area (Å²) in [6.07, 6.45) is 0. The molecule has 0 amide bonds. The van der Waals surface area contributed by atoms with E-state index in [2.05, 4.69) is 15.2 Å². The van der Waals surface area contributed by atoms with Gasteiger partial charge < -0.3 is 15.2 Å². The molecule has 1 aromatic heterocycles. The predicted octanol–water partition coefficient (Wildman–Crippen LogP) is 2.41. The summed E-state index contributed by atoms with van der Waals surface area (Å²) in [5.74, 6) is 1.07. The largest absolute Gasteiger partial charge is 0.497 e. The molecule has 0 aliphatic carbocycles. The summed E-state index contributed by atoms with van der Waals surface area (Å²) in [7, 11) is 1.57. The van der Waals surface area contributed by atoms with Gasteiger partial charge in [0.15, 0.2) is 5.75 Å². The molecule has 0 unspecified atom stereocenters. The molecule has 1 heterocycles. The first kappa shape index (κ1) is 12.2. The minimum atomic E-state index is 0.142. The smallest absolute Gasteiger partial charge is 0.341 e. The third-order valence-electron chi connectivity index (χ3n) is 2.76. The summed E-state index contributed by atoms with van der Waals surface area (Å²) < 4.78 is 10.7. The van der Waals surface area contributed by atoms with Crippen molar-refractivity contribution in [1.29, 1.82) is 0 Å². The van der Waals surface area contributed by atoms with Gasteiger partial charge in [0.2, 0.25) is 0 Å². The number of para-hydroxylation sites is 1. The second-order valence-corrected chi connectivity index (χ2v) is 4.09. The molecular weight excluding hydrogens is 256 g/mol. The summed E-state index contributed by atoms with van der Waals surface area (Å²) in [4.78, 5) is 4.27. The minimum absolute atomic E-state index is 0.142. The molecular formula is C14H12N4O2. The van der Waals surface area contributed by atoms with Crippen LogP contribution in [-0.2, 0) is 0 Å². The molecule has 0 radical (unpaired) electrons. The molecule has 0 aliphatic heterocycles. The maximum atomic E-state index is 5.85. The van der Waals surface area contributed by atoms with Crippen molar-refractivity contribution >= 4 is 16.7 Å². The van der Waals surface area contributed by atoms with Gasteiger partial charge in [-0.05, 0) is 24.3 Å². The average Bonchev–Trinajstić information content (AvgIpc) is 2.49. The minimum Gasteiger partial charge on any atom is -0.497 e. The fraction of sp³-hybridized carbons (Fsp3) is 0.0714. The highest BCUT2D eigenvalue weighted by molar-refractivity contribution is 5.73. The highest BCUT2D eigenvalue weighted by Crippen LogP contribution is 2.29. The predicted molar refractivity (Wildman–Crippen MR) is 74.8 cm³/mol. The van der Waals surface area contributed by atoms with E-state index in [1.54, 1.807) is 25.3 Å². The average molecular weight is 268 g/mol. The Bertz CT molecular complexity index is 761. The number of fused-ring (bicyclic) bond motifs is 1. The number of hydrogen-bond acceptors (Lipinski definition) is 6. The topological polar surface area (TPSA) is 83.2 Å². The van der Waals surface area contributed by atoms with Crippen LogP contribution in [0, 0.1) is 0 Å². The van der Waals surface area contributed by atoms with Crippen molar-refractivity contribution in [3.63, 3.8) is 0 Å². The molecule has 0 saturated heterocycles. The molecule has 2 aromatic carbocycles. The number of anilines is 1. The van der Waals surface area contributed by atoms with E-state index in [1.807, 2.05) is 24.3 Å². The van der Waals surface area contributed by atoms with Crippen molar-refractivity contribution in [1.82, 2.24) is 15.2 Å². The zero-order valence-corrected chi connectivity index (χ0v) is 10.8. The van der Waals surface area contributed by atoms with E-state index >= 15 is 0 Å². The maximum absolute atomic E-state index is 5.85. The van der Waals surface area contributed by atoms with Crippen LogP contribution in [0.4, 0.5) is 5.69 Å². The fourth-order valence-corrected chi connectivity index (χ4v) is 1.74. The molecule has 3 rings (SSSR count). The van der Waals surface area contributed by atoms with Crippen LogP contribution in [0.25, 0.3) is 11.0 Å². The Hall–Kier alpha value is -2.89. The van der Waals surface area contributed by atoms with Gasteiger partial charge in [0.05, 0.1) is 18.3 Å². The summed E-state index contributed by atoms with van der Waals surface area (Å²) >= 11 is 0. The Kier molecular flexibility index (Phi) is 3.04. The third kappa shape index (κ3) is 2.31. The van der Waals surface area contributed by atoms with Crippen molar-refractivity contribution < 1.29 is 9.47 Å². The number of benzene rings is 2. The normalized spacial score (nSPS) is 10.4. The second-order valence-electron chi connectivity index (χ2n) is 4.09. The van der Waals surface area contributed by atoms with Crippen molar-refractivity contribution in [2.75, 3.05) is 12.8 Å². The van der Waals surface area contributed by atoms with Gasteiger partial charge in [0.25, 0.3) is 0 Å². The first-order valence-electron chi connectivity index (χ1n) is 5.97. The molecule has 100 valence electrons. The Balaban J connectivity index is 1.96. The van der Waals surface area contributed by atoms with Gasteiger partial charge in [0.1, 0.15) is 11.3 Å². The molecule has 0 aliphatic rings. The van der Waals surface area contributed by atoms with Crippen molar-refractivity contribution in [3.8, 4) is 17.5 Å². The van der Waals surface area contributed by atoms with E-state index < -0.39 is 0 Å². The van der Waals surface area contributed by atoms with E-state index in [0.717, 1.165) is 0 Å². The monoisotopic (exact) mass is 268 g/mol. The number of nitrogen functional groups attached to an aromatic ring is 1. The lowest BCUT2D eigenvalue weighted by atomic mass is 10.3. The van der Waals surface area contributed by atoms with Crippen LogP contribution < -0.4 is 15.2 Å². The van der Waals surface area contributed by atoms with Crippen LogP contribution in [0.1, 0.15) is 0 Å². The maximum Gasteiger partial charge on any atom is 0.341 e. The van der Waals surface area contributed by atoms with E-state index in [9.17, 15) is 0 Å². The van der Waals surface area contributed by atoms with E-state index in [1.165, 1.54) is 0 Å². The quantitative estimate of drug-likeness (QED) is 0.734. The first-order valence-corrected chi connectivity index (χ1v) is 5.97. The number of ether oxygens (including phenoxy) is 2. The Morgan fingerprint density at radius 2 is 1.80 bits per heavy atom. The van der Waals surface area contributed by atoms with Gasteiger partial charge in [-0.2, -0.15) is 4.98 Å². The lowest BCUT2D eigenvalue weighted by Crippen LogP contribution is -1.98. The highest BCUT2D eigenvalue weighted by Gasteiger charge is 2.08. The molecule has 0 saturated carbocycles. The van der Waals surface area contributed by atoms with Gasteiger partial charge in [-0.25, -0.2) is 0 Å². The lowest BCUT2D eigenvalue weighted by molar-refractivity contribution is 0.404. The standard InChI is InChI=1S/C14H12N4O2/c1-19-9-6-7-10(15)13(8-9)20-14-16-11-4-2-3-5-12(11)17-18-14/h2-8H,15H2,1H3. The van der Waals surface area contributed by atoms with Crippen LogP contribution in [0.5, 0.6) is 17.5 Å². The summed E-state index contributed by atoms with van der Waals surface area (Å²) in [5.41, 5.74) is 7.74. The molecule has 3 aromatic rings. The molecule has 20 heavy (non-hydrogen) atoms. The highest BCUT2D eigenvalue weighted by atomic mass is 16.5. The molecule has 2 N–H and O–H groups in total. The van der Waals surface area contributed by atoms with Crippen LogP contribution in [0.3, 0.4) is 0 Å². The van der Waals surface area contributed by atoms with Crippen LogP contribution in [0.2, 0.25) is 0 Å². The van der Waals surface area contributed by atoms with Crippen LogP contribution in [-0.4, -0.2) is 22.3 Å². The number of nitrogens with zero attached hydrogens (tertiary/aromatic N) is 3. The SMILES string of the molecule is COc1ccc(N)c(Oc2nnc3ccccc3n2)c1. The van der Waals surface area contributed by atoms with Gasteiger partial charge in [-0.1, -0.05) is 17.2 Å². The Morgan fingerprint density at radius 1 is 1.00 bits per heavy atom. The zero-order chi connectivity index (χ0) is 13.9. The number of nitrogens with two attached hydrogens (primary N) is 1. The van der Waals surface area contributed by atoms with E-state index in [-0.39, 0.29) is 6.01 Å². The van der Waals surface area contributed by atoms with E-state index in [4.69, 9.17) is 15.2 Å². The zero-order valence-electron chi connectivity index (χ0n) is 10.8. The van der Waals surface area contributed by atoms with Gasteiger partial charge in [0, 0.05) is 6.07 Å². The Labute approximate surface area is 115 Å². The van der Waals surface area contributed by atoms with Gasteiger partial charge in [-0.3, -0.25) is 0 Å². The van der Waals surface area contributed by atoms with Crippen LogP contribution in [0.15, 0.2) is 42.5 Å². The van der Waals surface area contributed by atoms with Crippen molar-refractivity contribution in [2.24, 2.45) is 0 Å². The third-order valence-corrected chi connectivity index (χ3v) is 2.76. The first-order chi connectivity index (χ1) is 9.76. The Morgan fingerprint density at radius 3 is 2.60 bits per heavy atom. The lowest BCUT2D eigenvalue weighted by Gasteiger charge is -2.08. The van der Waals surface area contributed by atoms with Crippen molar-refractivity contribution in [3.05, 3.63) is 42.5 Å². The van der Waals surface area contributed by atoms with E-state index in [0.29, 0.717) is 28.2 Å². The summed E-state index contributed by atoms with van der Waals surface area (Å²) in [6, 6.07) is 12.7. The molecule has 0 fully saturated rings. The summed E-state index contributed by atoms with van der Waals surface area (Å²) in [6.45, 7) is 0. The fourth-order valence-electron chi connectivity index (χ4n) is 1.74. The second kappa shape index (κ2) is 5.00. The molecule has 6 heteroatoms. The van der Waals surface area contributed by atoms with Gasteiger partial charge in [-0.15, -0.1) is 5.10 Å². The number of rotatable bonds is 3. The van der Waals surface area contributed by atoms with Crippen molar-refractivity contribution in [2.45, 2.75) is 0 Å². The molecule has 0 atom stereocenters. The molecule has 6 nitrogen and oxygen atoms in total. The molecule has 0 spiro atoms. The number of hydrogen-bond donors (Lipinski definition) is 1. The van der Waals surface area contributed by atoms with Gasteiger partial charge >= 0.3 is 6.01 Å². The summed E-state index contributed by atoms with van der Waals surface area (Å²) in [5, 5.41) is 7.96.